The summed E-state index contributed by atoms with van der Waals surface area (Å²) in [6.07, 6.45) is 5.08. The highest BCUT2D eigenvalue weighted by Crippen LogP contribution is 2.52. The van der Waals surface area contributed by atoms with Gasteiger partial charge in [-0.25, -0.2) is 0 Å². The molecule has 2 unspecified atom stereocenters. The number of anilines is 2. The van der Waals surface area contributed by atoms with Gasteiger partial charge < -0.3 is 16.0 Å². The molecule has 2 fully saturated rings. The summed E-state index contributed by atoms with van der Waals surface area (Å²) in [7, 11) is 0. The molecule has 3 N–H and O–H groups in total. The first-order valence-corrected chi connectivity index (χ1v) is 9.23. The van der Waals surface area contributed by atoms with Gasteiger partial charge in [-0.05, 0) is 48.3 Å². The van der Waals surface area contributed by atoms with Crippen LogP contribution in [0.1, 0.15) is 40.0 Å². The Bertz CT molecular complexity index is 811. The fourth-order valence-corrected chi connectivity index (χ4v) is 4.94. The molecule has 138 valence electrons. The summed E-state index contributed by atoms with van der Waals surface area (Å²) in [6.45, 7) is 7.78. The van der Waals surface area contributed by atoms with Gasteiger partial charge in [0.1, 0.15) is 11.6 Å². The molecule has 2 atom stereocenters. The van der Waals surface area contributed by atoms with Crippen LogP contribution < -0.4 is 11.1 Å². The molecule has 5 nitrogen and oxygen atoms in total. The number of nitriles is 1. The first-order valence-electron chi connectivity index (χ1n) is 8.85. The van der Waals surface area contributed by atoms with E-state index >= 15 is 0 Å². The van der Waals surface area contributed by atoms with Crippen LogP contribution >= 0.6 is 11.6 Å². The van der Waals surface area contributed by atoms with E-state index in [0.29, 0.717) is 22.4 Å². The number of hydrogen-bond acceptors (Lipinski definition) is 4. The molecule has 1 heterocycles. The number of carbonyl (C=O) groups is 1. The number of hydrogen-bond donors (Lipinski definition) is 2. The van der Waals surface area contributed by atoms with Crippen LogP contribution in [-0.4, -0.2) is 23.4 Å². The Morgan fingerprint density at radius 2 is 2.15 bits per heavy atom. The van der Waals surface area contributed by atoms with Crippen molar-refractivity contribution < 1.29 is 4.79 Å². The largest absolute Gasteiger partial charge is 0.398 e. The van der Waals surface area contributed by atoms with Gasteiger partial charge in [0.05, 0.1) is 10.7 Å². The molecule has 1 aliphatic carbocycles. The van der Waals surface area contributed by atoms with Crippen molar-refractivity contribution in [3.8, 4) is 6.07 Å². The van der Waals surface area contributed by atoms with Crippen LogP contribution in [-0.2, 0) is 4.79 Å². The molecule has 0 radical (unpaired) electrons. The molecule has 26 heavy (non-hydrogen) atoms. The zero-order valence-electron chi connectivity index (χ0n) is 15.5. The number of benzene rings is 1. The van der Waals surface area contributed by atoms with Crippen LogP contribution in [0.5, 0.6) is 0 Å². The maximum atomic E-state index is 12.5. The number of nitrogen functional groups attached to an aromatic ring is 1. The normalized spacial score (nSPS) is 27.1. The molecule has 3 rings (SSSR count). The standard InChI is InChI=1S/C20H25ClN4O/c1-19(2)7-15-8-20(3,11-19)12-25(15)10-13(9-22)18(26)24-14-4-5-17(23)16(21)6-14/h4-6,10,15H,7-8,11-12,23H2,1-3H3,(H,24,26)/b13-10-. The number of nitrogens with two attached hydrogens (primary N) is 1. The van der Waals surface area contributed by atoms with Crippen LogP contribution in [0.3, 0.4) is 0 Å². The molecule has 6 heteroatoms. The third-order valence-electron chi connectivity index (χ3n) is 5.37. The van der Waals surface area contributed by atoms with Crippen molar-refractivity contribution in [2.45, 2.75) is 46.1 Å². The van der Waals surface area contributed by atoms with E-state index in [1.807, 2.05) is 6.07 Å². The van der Waals surface area contributed by atoms with Gasteiger partial charge in [0, 0.05) is 24.5 Å². The Hall–Kier alpha value is -2.19. The molecular weight excluding hydrogens is 348 g/mol. The van der Waals surface area contributed by atoms with Gasteiger partial charge >= 0.3 is 0 Å². The summed E-state index contributed by atoms with van der Waals surface area (Å²) in [6, 6.07) is 7.29. The van der Waals surface area contributed by atoms with Gasteiger partial charge in [-0.3, -0.25) is 4.79 Å². The lowest BCUT2D eigenvalue weighted by molar-refractivity contribution is -0.112. The van der Waals surface area contributed by atoms with Crippen LogP contribution in [0, 0.1) is 22.2 Å². The minimum atomic E-state index is -0.431. The van der Waals surface area contributed by atoms with Gasteiger partial charge in [0.2, 0.25) is 0 Å². The van der Waals surface area contributed by atoms with Crippen LogP contribution in [0.15, 0.2) is 30.0 Å². The second-order valence-electron chi connectivity index (χ2n) is 8.73. The quantitative estimate of drug-likeness (QED) is 0.474. The molecule has 1 aromatic carbocycles. The van der Waals surface area contributed by atoms with E-state index in [1.54, 1.807) is 24.4 Å². The highest BCUT2D eigenvalue weighted by molar-refractivity contribution is 6.33. The van der Waals surface area contributed by atoms with E-state index in [4.69, 9.17) is 17.3 Å². The average molecular weight is 373 g/mol. The Balaban J connectivity index is 1.77. The Kier molecular flexibility index (Phi) is 4.66. The van der Waals surface area contributed by atoms with Crippen LogP contribution in [0.4, 0.5) is 11.4 Å². The molecule has 1 saturated heterocycles. The van der Waals surface area contributed by atoms with Crippen molar-refractivity contribution in [3.05, 3.63) is 35.0 Å². The van der Waals surface area contributed by atoms with Crippen LogP contribution in [0.2, 0.25) is 5.02 Å². The molecule has 2 aliphatic rings. The smallest absolute Gasteiger partial charge is 0.267 e. The Labute approximate surface area is 159 Å². The first-order chi connectivity index (χ1) is 12.1. The van der Waals surface area contributed by atoms with E-state index in [0.717, 1.165) is 19.4 Å². The predicted octanol–water partition coefficient (Wildman–Crippen LogP) is 4.17. The molecular formula is C20H25ClN4O. The monoisotopic (exact) mass is 372 g/mol. The number of rotatable bonds is 3. The van der Waals surface area contributed by atoms with E-state index in [-0.39, 0.29) is 16.4 Å². The first kappa shape index (κ1) is 18.6. The summed E-state index contributed by atoms with van der Waals surface area (Å²) >= 11 is 5.99. The Morgan fingerprint density at radius 1 is 1.42 bits per heavy atom. The number of amides is 1. The van der Waals surface area contributed by atoms with E-state index < -0.39 is 5.91 Å². The average Bonchev–Trinajstić information content (AvgIpc) is 2.76. The summed E-state index contributed by atoms with van der Waals surface area (Å²) in [5, 5.41) is 12.6. The van der Waals surface area contributed by atoms with Gasteiger partial charge in [0.25, 0.3) is 5.91 Å². The fourth-order valence-electron chi connectivity index (χ4n) is 4.76. The summed E-state index contributed by atoms with van der Waals surface area (Å²) in [5.41, 5.74) is 7.28. The Morgan fingerprint density at radius 3 is 2.81 bits per heavy atom. The minimum absolute atomic E-state index is 0.104. The van der Waals surface area contributed by atoms with E-state index in [9.17, 15) is 10.1 Å². The zero-order chi connectivity index (χ0) is 19.1. The SMILES string of the molecule is CC1(C)CC2CC(C)(CN2/C=C(/C#N)C(=O)Nc2ccc(N)c(Cl)c2)C1. The molecule has 1 amide bonds. The highest BCUT2D eigenvalue weighted by atomic mass is 35.5. The number of carbonyl (C=O) groups excluding carboxylic acids is 1. The van der Waals surface area contributed by atoms with E-state index in [1.165, 1.54) is 6.42 Å². The zero-order valence-corrected chi connectivity index (χ0v) is 16.2. The van der Waals surface area contributed by atoms with Crippen molar-refractivity contribution in [2.24, 2.45) is 10.8 Å². The van der Waals surface area contributed by atoms with Crippen LogP contribution in [0.25, 0.3) is 0 Å². The van der Waals surface area contributed by atoms with Crippen molar-refractivity contribution in [3.63, 3.8) is 0 Å². The lowest BCUT2D eigenvalue weighted by Gasteiger charge is -2.39. The summed E-state index contributed by atoms with van der Waals surface area (Å²) in [4.78, 5) is 14.7. The molecule has 1 aromatic rings. The van der Waals surface area contributed by atoms with Crippen molar-refractivity contribution in [2.75, 3.05) is 17.6 Å². The molecule has 1 saturated carbocycles. The minimum Gasteiger partial charge on any atom is -0.398 e. The third kappa shape index (κ3) is 3.81. The van der Waals surface area contributed by atoms with Crippen molar-refractivity contribution in [1.82, 2.24) is 4.90 Å². The van der Waals surface area contributed by atoms with Gasteiger partial charge in [0.15, 0.2) is 0 Å². The number of halogens is 1. The second-order valence-corrected chi connectivity index (χ2v) is 9.14. The lowest BCUT2D eigenvalue weighted by atomic mass is 9.65. The van der Waals surface area contributed by atoms with Crippen molar-refractivity contribution in [1.29, 1.82) is 5.26 Å². The van der Waals surface area contributed by atoms with E-state index in [2.05, 4.69) is 31.0 Å². The molecule has 1 aliphatic heterocycles. The highest BCUT2D eigenvalue weighted by Gasteiger charge is 2.48. The topological polar surface area (TPSA) is 82.2 Å². The summed E-state index contributed by atoms with van der Waals surface area (Å²) < 4.78 is 0. The third-order valence-corrected chi connectivity index (χ3v) is 5.70. The van der Waals surface area contributed by atoms with Crippen molar-refractivity contribution >= 4 is 28.9 Å². The lowest BCUT2D eigenvalue weighted by Crippen LogP contribution is -2.33. The number of nitrogens with one attached hydrogen (secondary N) is 1. The van der Waals surface area contributed by atoms with Gasteiger partial charge in [-0.1, -0.05) is 32.4 Å². The second kappa shape index (κ2) is 6.51. The maximum Gasteiger partial charge on any atom is 0.267 e. The number of fused-ring (bicyclic) bond motifs is 2. The predicted molar refractivity (Wildman–Crippen MR) is 104 cm³/mol. The maximum absolute atomic E-state index is 12.5. The number of likely N-dealkylation sites (tertiary alicyclic amines) is 1. The van der Waals surface area contributed by atoms with Gasteiger partial charge in [-0.15, -0.1) is 0 Å². The van der Waals surface area contributed by atoms with Gasteiger partial charge in [-0.2, -0.15) is 5.26 Å². The fraction of sp³-hybridized carbons (Fsp3) is 0.500. The molecule has 2 bridgehead atoms. The molecule has 0 aromatic heterocycles. The molecule has 0 spiro atoms. The summed E-state index contributed by atoms with van der Waals surface area (Å²) in [5.74, 6) is -0.431. The number of nitrogens with zero attached hydrogens (tertiary/aromatic N) is 2.